The summed E-state index contributed by atoms with van der Waals surface area (Å²) in [4.78, 5) is 26.3. The lowest BCUT2D eigenvalue weighted by molar-refractivity contribution is -0.132. The molecule has 2 amide bonds. The van der Waals surface area contributed by atoms with Crippen LogP contribution in [0, 0.1) is 5.92 Å². The fourth-order valence-corrected chi connectivity index (χ4v) is 3.38. The van der Waals surface area contributed by atoms with Crippen LogP contribution in [0.25, 0.3) is 0 Å². The van der Waals surface area contributed by atoms with Crippen molar-refractivity contribution in [3.8, 4) is 11.5 Å². The number of hydrogen-bond donors (Lipinski definition) is 1. The number of nitrogens with zero attached hydrogens (tertiary/aromatic N) is 1. The molecule has 0 aromatic heterocycles. The fraction of sp³-hybridized carbons (Fsp3) is 0.619. The maximum Gasteiger partial charge on any atom is 0.222 e. The fourth-order valence-electron chi connectivity index (χ4n) is 3.38. The number of hydrogen-bond acceptors (Lipinski definition) is 4. The van der Waals surface area contributed by atoms with Crippen molar-refractivity contribution in [2.75, 3.05) is 27.3 Å². The van der Waals surface area contributed by atoms with Gasteiger partial charge in [-0.15, -0.1) is 0 Å². The second kappa shape index (κ2) is 10.2. The van der Waals surface area contributed by atoms with Crippen molar-refractivity contribution >= 4 is 11.8 Å². The van der Waals surface area contributed by atoms with E-state index in [0.29, 0.717) is 49.8 Å². The molecule has 1 fully saturated rings. The summed E-state index contributed by atoms with van der Waals surface area (Å²) in [5.74, 6) is 2.01. The Balaban J connectivity index is 1.77. The number of piperidine rings is 1. The minimum absolute atomic E-state index is 0.114. The lowest BCUT2D eigenvalue weighted by Crippen LogP contribution is -2.46. The number of rotatable bonds is 8. The molecule has 0 bridgehead atoms. The SMILES string of the molecule is COc1ccc(CCC(=O)N2CCC(NC(=O)CC(C)C)CC2)cc1OC. The molecule has 2 rings (SSSR count). The predicted molar refractivity (Wildman–Crippen MR) is 105 cm³/mol. The van der Waals surface area contributed by atoms with Gasteiger partial charge < -0.3 is 19.7 Å². The zero-order valence-corrected chi connectivity index (χ0v) is 16.9. The van der Waals surface area contributed by atoms with E-state index in [2.05, 4.69) is 5.32 Å². The number of amides is 2. The Hall–Kier alpha value is -2.24. The van der Waals surface area contributed by atoms with Crippen LogP contribution in [0.5, 0.6) is 11.5 Å². The van der Waals surface area contributed by atoms with Crippen LogP contribution in [-0.4, -0.2) is 50.1 Å². The Labute approximate surface area is 162 Å². The van der Waals surface area contributed by atoms with E-state index >= 15 is 0 Å². The van der Waals surface area contributed by atoms with E-state index in [1.165, 1.54) is 0 Å². The zero-order valence-electron chi connectivity index (χ0n) is 16.9. The summed E-state index contributed by atoms with van der Waals surface area (Å²) in [5.41, 5.74) is 1.05. The highest BCUT2D eigenvalue weighted by molar-refractivity contribution is 5.77. The first-order valence-corrected chi connectivity index (χ1v) is 9.71. The van der Waals surface area contributed by atoms with Gasteiger partial charge in [0.1, 0.15) is 0 Å². The first-order chi connectivity index (χ1) is 12.9. The molecule has 0 spiro atoms. The van der Waals surface area contributed by atoms with Gasteiger partial charge in [-0.05, 0) is 42.9 Å². The molecule has 150 valence electrons. The molecule has 1 aliphatic rings. The summed E-state index contributed by atoms with van der Waals surface area (Å²) in [7, 11) is 3.22. The minimum Gasteiger partial charge on any atom is -0.493 e. The van der Waals surface area contributed by atoms with E-state index in [0.717, 1.165) is 18.4 Å². The smallest absolute Gasteiger partial charge is 0.222 e. The van der Waals surface area contributed by atoms with Crippen LogP contribution in [0.4, 0.5) is 0 Å². The Kier molecular flexibility index (Phi) is 7.95. The van der Waals surface area contributed by atoms with Gasteiger partial charge in [0, 0.05) is 32.0 Å². The van der Waals surface area contributed by atoms with E-state index in [-0.39, 0.29) is 17.9 Å². The summed E-state index contributed by atoms with van der Waals surface area (Å²) in [5, 5.41) is 3.09. The molecule has 0 atom stereocenters. The number of aryl methyl sites for hydroxylation is 1. The third kappa shape index (κ3) is 6.45. The van der Waals surface area contributed by atoms with E-state index in [9.17, 15) is 9.59 Å². The van der Waals surface area contributed by atoms with Gasteiger partial charge in [0.15, 0.2) is 11.5 Å². The number of nitrogens with one attached hydrogen (secondary N) is 1. The van der Waals surface area contributed by atoms with Gasteiger partial charge in [0.25, 0.3) is 0 Å². The van der Waals surface area contributed by atoms with Crippen LogP contribution in [0.3, 0.4) is 0 Å². The van der Waals surface area contributed by atoms with Crippen LogP contribution in [-0.2, 0) is 16.0 Å². The summed E-state index contributed by atoms with van der Waals surface area (Å²) in [6, 6.07) is 5.93. The third-order valence-corrected chi connectivity index (χ3v) is 4.88. The van der Waals surface area contributed by atoms with Crippen molar-refractivity contribution in [2.45, 2.75) is 52.0 Å². The first-order valence-electron chi connectivity index (χ1n) is 9.71. The lowest BCUT2D eigenvalue weighted by Gasteiger charge is -2.32. The summed E-state index contributed by atoms with van der Waals surface area (Å²) in [6.45, 7) is 5.49. The molecule has 0 saturated carbocycles. The van der Waals surface area contributed by atoms with Gasteiger partial charge in [-0.3, -0.25) is 9.59 Å². The van der Waals surface area contributed by atoms with Crippen molar-refractivity contribution in [3.05, 3.63) is 23.8 Å². The summed E-state index contributed by atoms with van der Waals surface area (Å²) >= 11 is 0. The number of carbonyl (C=O) groups is 2. The molecule has 1 aromatic rings. The average Bonchev–Trinajstić information content (AvgIpc) is 2.65. The molecule has 1 aromatic carbocycles. The number of methoxy groups -OCH3 is 2. The van der Waals surface area contributed by atoms with Crippen molar-refractivity contribution < 1.29 is 19.1 Å². The molecule has 6 nitrogen and oxygen atoms in total. The second-order valence-electron chi connectivity index (χ2n) is 7.51. The Bertz CT molecular complexity index is 637. The lowest BCUT2D eigenvalue weighted by atomic mass is 10.0. The highest BCUT2D eigenvalue weighted by atomic mass is 16.5. The molecule has 1 aliphatic heterocycles. The molecule has 0 aliphatic carbocycles. The van der Waals surface area contributed by atoms with E-state index in [1.807, 2.05) is 36.9 Å². The number of carbonyl (C=O) groups excluding carboxylic acids is 2. The first kappa shape index (κ1) is 21.1. The van der Waals surface area contributed by atoms with Gasteiger partial charge in [-0.1, -0.05) is 19.9 Å². The number of benzene rings is 1. The van der Waals surface area contributed by atoms with Gasteiger partial charge in [-0.25, -0.2) is 0 Å². The standard InChI is InChI=1S/C21H32N2O4/c1-15(2)13-20(24)22-17-9-11-23(12-10-17)21(25)8-6-16-5-7-18(26-3)19(14-16)27-4/h5,7,14-15,17H,6,8-13H2,1-4H3,(H,22,24). The largest absolute Gasteiger partial charge is 0.493 e. The molecule has 27 heavy (non-hydrogen) atoms. The maximum absolute atomic E-state index is 12.5. The maximum atomic E-state index is 12.5. The molecule has 1 saturated heterocycles. The van der Waals surface area contributed by atoms with Gasteiger partial charge in [-0.2, -0.15) is 0 Å². The van der Waals surface area contributed by atoms with Crippen LogP contribution in [0.1, 0.15) is 45.1 Å². The van der Waals surface area contributed by atoms with Crippen LogP contribution in [0.15, 0.2) is 18.2 Å². The van der Waals surface area contributed by atoms with Crippen molar-refractivity contribution in [1.29, 1.82) is 0 Å². The van der Waals surface area contributed by atoms with Crippen LogP contribution >= 0.6 is 0 Å². The Morgan fingerprint density at radius 1 is 1.15 bits per heavy atom. The normalized spacial score (nSPS) is 14.9. The minimum atomic E-state index is 0.114. The number of likely N-dealkylation sites (tertiary alicyclic amines) is 1. The molecule has 0 unspecified atom stereocenters. The molecule has 1 heterocycles. The molecular weight excluding hydrogens is 344 g/mol. The van der Waals surface area contributed by atoms with Crippen molar-refractivity contribution in [2.24, 2.45) is 5.92 Å². The summed E-state index contributed by atoms with van der Waals surface area (Å²) in [6.07, 6.45) is 3.35. The van der Waals surface area contributed by atoms with Gasteiger partial charge in [0.2, 0.25) is 11.8 Å². The molecule has 1 N–H and O–H groups in total. The van der Waals surface area contributed by atoms with E-state index < -0.39 is 0 Å². The second-order valence-corrected chi connectivity index (χ2v) is 7.51. The average molecular weight is 376 g/mol. The number of ether oxygens (including phenoxy) is 2. The summed E-state index contributed by atoms with van der Waals surface area (Å²) < 4.78 is 10.6. The zero-order chi connectivity index (χ0) is 19.8. The van der Waals surface area contributed by atoms with Crippen LogP contribution in [0.2, 0.25) is 0 Å². The van der Waals surface area contributed by atoms with E-state index in [1.54, 1.807) is 14.2 Å². The van der Waals surface area contributed by atoms with Gasteiger partial charge in [0.05, 0.1) is 14.2 Å². The highest BCUT2D eigenvalue weighted by Gasteiger charge is 2.23. The van der Waals surface area contributed by atoms with Crippen molar-refractivity contribution in [1.82, 2.24) is 10.2 Å². The molecule has 6 heteroatoms. The third-order valence-electron chi connectivity index (χ3n) is 4.88. The van der Waals surface area contributed by atoms with Gasteiger partial charge >= 0.3 is 0 Å². The van der Waals surface area contributed by atoms with Crippen molar-refractivity contribution in [3.63, 3.8) is 0 Å². The van der Waals surface area contributed by atoms with E-state index in [4.69, 9.17) is 9.47 Å². The molecule has 0 radical (unpaired) electrons. The Morgan fingerprint density at radius 2 is 1.81 bits per heavy atom. The Morgan fingerprint density at radius 3 is 2.41 bits per heavy atom. The predicted octanol–water partition coefficient (Wildman–Crippen LogP) is 2.79. The highest BCUT2D eigenvalue weighted by Crippen LogP contribution is 2.28. The topological polar surface area (TPSA) is 67.9 Å². The molecular formula is C21H32N2O4. The quantitative estimate of drug-likeness (QED) is 0.758. The monoisotopic (exact) mass is 376 g/mol. The van der Waals surface area contributed by atoms with Crippen LogP contribution < -0.4 is 14.8 Å².